The Hall–Kier alpha value is -1.51. The van der Waals surface area contributed by atoms with Gasteiger partial charge in [0.05, 0.1) is 6.61 Å². The van der Waals surface area contributed by atoms with E-state index in [0.29, 0.717) is 12.5 Å². The molecule has 3 nitrogen and oxygen atoms in total. The van der Waals surface area contributed by atoms with Gasteiger partial charge in [-0.3, -0.25) is 0 Å². The maximum Gasteiger partial charge on any atom is 0.349 e. The van der Waals surface area contributed by atoms with Crippen molar-refractivity contribution in [3.05, 3.63) is 29.3 Å². The molecule has 0 aromatic heterocycles. The number of hydrogen-bond acceptors (Lipinski definition) is 3. The zero-order chi connectivity index (χ0) is 14.6. The van der Waals surface area contributed by atoms with Crippen LogP contribution in [-0.2, 0) is 9.53 Å². The van der Waals surface area contributed by atoms with Gasteiger partial charge in [0.15, 0.2) is 5.60 Å². The molecule has 0 saturated heterocycles. The van der Waals surface area contributed by atoms with Gasteiger partial charge in [-0.15, -0.1) is 0 Å². The van der Waals surface area contributed by atoms with Crippen LogP contribution >= 0.6 is 0 Å². The summed E-state index contributed by atoms with van der Waals surface area (Å²) in [4.78, 5) is 11.9. The Morgan fingerprint density at radius 2 is 1.95 bits per heavy atom. The first-order chi connectivity index (χ1) is 8.77. The van der Waals surface area contributed by atoms with Gasteiger partial charge in [-0.05, 0) is 50.8 Å². The van der Waals surface area contributed by atoms with E-state index in [-0.39, 0.29) is 5.97 Å². The molecule has 0 heterocycles. The molecule has 0 N–H and O–H groups in total. The highest BCUT2D eigenvalue weighted by molar-refractivity contribution is 5.79. The fourth-order valence-electron chi connectivity index (χ4n) is 1.83. The number of esters is 1. The maximum atomic E-state index is 11.9. The second-order valence-electron chi connectivity index (χ2n) is 5.53. The van der Waals surface area contributed by atoms with Crippen LogP contribution in [0, 0.1) is 6.92 Å². The van der Waals surface area contributed by atoms with Gasteiger partial charge in [-0.25, -0.2) is 4.79 Å². The van der Waals surface area contributed by atoms with Crippen LogP contribution in [0.3, 0.4) is 0 Å². The summed E-state index contributed by atoms with van der Waals surface area (Å²) in [6.07, 6.45) is 0. The zero-order valence-corrected chi connectivity index (χ0v) is 12.7. The number of rotatable bonds is 5. The first-order valence-electron chi connectivity index (χ1n) is 6.74. The summed E-state index contributed by atoms with van der Waals surface area (Å²) in [5.74, 6) is 0.757. The predicted molar refractivity (Wildman–Crippen MR) is 76.6 cm³/mol. The van der Waals surface area contributed by atoms with Crippen LogP contribution in [0.2, 0.25) is 0 Å². The lowest BCUT2D eigenvalue weighted by Gasteiger charge is -2.26. The first kappa shape index (κ1) is 15.5. The SMILES string of the molecule is CCOC(=O)C(C)(C)Oc1cc(C)ccc1C(C)C. The van der Waals surface area contributed by atoms with Crippen LogP contribution in [0.4, 0.5) is 0 Å². The van der Waals surface area contributed by atoms with Gasteiger partial charge < -0.3 is 9.47 Å². The van der Waals surface area contributed by atoms with Crippen molar-refractivity contribution in [2.24, 2.45) is 0 Å². The van der Waals surface area contributed by atoms with Gasteiger partial charge in [0.1, 0.15) is 5.75 Å². The molecule has 0 unspecified atom stereocenters. The molecule has 0 radical (unpaired) electrons. The zero-order valence-electron chi connectivity index (χ0n) is 12.7. The Balaban J connectivity index is 3.04. The van der Waals surface area contributed by atoms with Crippen LogP contribution in [0.1, 0.15) is 51.7 Å². The van der Waals surface area contributed by atoms with Crippen molar-refractivity contribution in [1.82, 2.24) is 0 Å². The van der Waals surface area contributed by atoms with Crippen LogP contribution < -0.4 is 4.74 Å². The molecule has 1 aromatic carbocycles. The molecule has 0 spiro atoms. The Labute approximate surface area is 115 Å². The Kier molecular flexibility index (Phi) is 4.98. The summed E-state index contributed by atoms with van der Waals surface area (Å²) in [6.45, 7) is 11.8. The molecule has 0 aliphatic heterocycles. The fraction of sp³-hybridized carbons (Fsp3) is 0.562. The van der Waals surface area contributed by atoms with Gasteiger partial charge in [0, 0.05) is 0 Å². The number of carbonyl (C=O) groups is 1. The maximum absolute atomic E-state index is 11.9. The molecule has 3 heteroatoms. The van der Waals surface area contributed by atoms with Gasteiger partial charge in [-0.2, -0.15) is 0 Å². The molecule has 0 fully saturated rings. The third-order valence-electron chi connectivity index (χ3n) is 2.92. The highest BCUT2D eigenvalue weighted by Crippen LogP contribution is 2.30. The summed E-state index contributed by atoms with van der Waals surface area (Å²) in [5, 5.41) is 0. The van der Waals surface area contributed by atoms with E-state index in [1.165, 1.54) is 0 Å². The highest BCUT2D eigenvalue weighted by atomic mass is 16.6. The van der Waals surface area contributed by atoms with Crippen LogP contribution in [0.15, 0.2) is 18.2 Å². The quantitative estimate of drug-likeness (QED) is 0.758. The minimum atomic E-state index is -0.979. The lowest BCUT2D eigenvalue weighted by molar-refractivity contribution is -0.158. The summed E-state index contributed by atoms with van der Waals surface area (Å²) < 4.78 is 11.0. The van der Waals surface area contributed by atoms with Crippen molar-refractivity contribution < 1.29 is 14.3 Å². The van der Waals surface area contributed by atoms with E-state index < -0.39 is 5.60 Å². The average molecular weight is 264 g/mol. The number of hydrogen-bond donors (Lipinski definition) is 0. The molecule has 0 amide bonds. The van der Waals surface area contributed by atoms with Crippen LogP contribution in [0.25, 0.3) is 0 Å². The minimum Gasteiger partial charge on any atom is -0.476 e. The summed E-state index contributed by atoms with van der Waals surface area (Å²) in [6, 6.07) is 6.08. The largest absolute Gasteiger partial charge is 0.476 e. The third kappa shape index (κ3) is 3.98. The number of benzene rings is 1. The standard InChI is InChI=1S/C16H24O3/c1-7-18-15(17)16(5,6)19-14-10-12(4)8-9-13(14)11(2)3/h8-11H,7H2,1-6H3. The molecule has 0 aliphatic carbocycles. The van der Waals surface area contributed by atoms with Crippen molar-refractivity contribution in [3.8, 4) is 5.75 Å². The summed E-state index contributed by atoms with van der Waals surface area (Å²) in [5.41, 5.74) is 1.23. The van der Waals surface area contributed by atoms with E-state index >= 15 is 0 Å². The fourth-order valence-corrected chi connectivity index (χ4v) is 1.83. The Morgan fingerprint density at radius 3 is 2.47 bits per heavy atom. The number of carbonyl (C=O) groups excluding carboxylic acids is 1. The summed E-state index contributed by atoms with van der Waals surface area (Å²) >= 11 is 0. The molecular formula is C16H24O3. The van der Waals surface area contributed by atoms with E-state index in [9.17, 15) is 4.79 Å². The molecular weight excluding hydrogens is 240 g/mol. The second kappa shape index (κ2) is 6.09. The Morgan fingerprint density at radius 1 is 1.32 bits per heavy atom. The Bertz CT molecular complexity index is 447. The molecule has 19 heavy (non-hydrogen) atoms. The third-order valence-corrected chi connectivity index (χ3v) is 2.92. The summed E-state index contributed by atoms with van der Waals surface area (Å²) in [7, 11) is 0. The highest BCUT2D eigenvalue weighted by Gasteiger charge is 2.32. The normalized spacial score (nSPS) is 11.5. The first-order valence-corrected chi connectivity index (χ1v) is 6.74. The van der Waals surface area contributed by atoms with Crippen molar-refractivity contribution in [2.45, 2.75) is 53.1 Å². The van der Waals surface area contributed by atoms with E-state index in [0.717, 1.165) is 16.9 Å². The monoisotopic (exact) mass is 264 g/mol. The van der Waals surface area contributed by atoms with Gasteiger partial charge >= 0.3 is 5.97 Å². The topological polar surface area (TPSA) is 35.5 Å². The van der Waals surface area contributed by atoms with E-state index in [2.05, 4.69) is 26.0 Å². The van der Waals surface area contributed by atoms with E-state index in [4.69, 9.17) is 9.47 Å². The molecule has 0 bridgehead atoms. The van der Waals surface area contributed by atoms with Gasteiger partial charge in [-0.1, -0.05) is 26.0 Å². The van der Waals surface area contributed by atoms with Crippen LogP contribution in [-0.4, -0.2) is 18.2 Å². The number of aryl methyl sites for hydroxylation is 1. The molecule has 0 atom stereocenters. The van der Waals surface area contributed by atoms with Gasteiger partial charge in [0.2, 0.25) is 0 Å². The predicted octanol–water partition coefficient (Wildman–Crippen LogP) is 3.84. The van der Waals surface area contributed by atoms with Crippen LogP contribution in [0.5, 0.6) is 5.75 Å². The molecule has 1 rings (SSSR count). The average Bonchev–Trinajstić information content (AvgIpc) is 2.28. The van der Waals surface area contributed by atoms with Crippen molar-refractivity contribution >= 4 is 5.97 Å². The molecule has 0 saturated carbocycles. The number of ether oxygens (including phenoxy) is 2. The minimum absolute atomic E-state index is 0.341. The lowest BCUT2D eigenvalue weighted by Crippen LogP contribution is -2.40. The second-order valence-corrected chi connectivity index (χ2v) is 5.53. The van der Waals surface area contributed by atoms with Crippen molar-refractivity contribution in [1.29, 1.82) is 0 Å². The smallest absolute Gasteiger partial charge is 0.349 e. The molecule has 0 aliphatic rings. The van der Waals surface area contributed by atoms with Gasteiger partial charge in [0.25, 0.3) is 0 Å². The van der Waals surface area contributed by atoms with Crippen molar-refractivity contribution in [3.63, 3.8) is 0 Å². The van der Waals surface area contributed by atoms with E-state index in [1.807, 2.05) is 13.0 Å². The lowest BCUT2D eigenvalue weighted by atomic mass is 10.00. The van der Waals surface area contributed by atoms with Crippen molar-refractivity contribution in [2.75, 3.05) is 6.61 Å². The molecule has 1 aromatic rings. The van der Waals surface area contributed by atoms with E-state index in [1.54, 1.807) is 20.8 Å². The molecule has 106 valence electrons.